The molecule has 0 amide bonds. The third kappa shape index (κ3) is 3.35. The molecule has 0 saturated carbocycles. The highest BCUT2D eigenvalue weighted by atomic mass is 35.5. The average Bonchev–Trinajstić information content (AvgIpc) is 2.17. The number of halogens is 2. The van der Waals surface area contributed by atoms with E-state index in [4.69, 9.17) is 28.9 Å². The van der Waals surface area contributed by atoms with Gasteiger partial charge in [-0.05, 0) is 31.5 Å². The molecule has 90 valence electrons. The summed E-state index contributed by atoms with van der Waals surface area (Å²) in [6.45, 7) is 0.478. The molecule has 16 heavy (non-hydrogen) atoms. The van der Waals surface area contributed by atoms with Crippen molar-refractivity contribution in [1.29, 1.82) is 0 Å². The Balaban J connectivity index is 2.98. The summed E-state index contributed by atoms with van der Waals surface area (Å²) in [6.07, 6.45) is 1.18. The highest BCUT2D eigenvalue weighted by Crippen LogP contribution is 2.30. The number of hydrogen-bond acceptors (Lipinski definition) is 3. The maximum atomic E-state index is 11.9. The van der Waals surface area contributed by atoms with E-state index in [2.05, 4.69) is 0 Å². The van der Waals surface area contributed by atoms with Crippen LogP contribution in [0.4, 0.5) is 0 Å². The molecule has 6 heteroatoms. The first-order chi connectivity index (χ1) is 7.49. The number of nitrogens with two attached hydrogens (primary N) is 1. The molecule has 0 atom stereocenters. The van der Waals surface area contributed by atoms with Crippen LogP contribution in [-0.4, -0.2) is 20.7 Å². The number of sulfone groups is 1. The quantitative estimate of drug-likeness (QED) is 0.844. The highest BCUT2D eigenvalue weighted by molar-refractivity contribution is 7.91. The maximum absolute atomic E-state index is 11.9. The van der Waals surface area contributed by atoms with Gasteiger partial charge in [-0.1, -0.05) is 29.3 Å². The van der Waals surface area contributed by atoms with Crippen molar-refractivity contribution in [2.24, 2.45) is 5.73 Å². The summed E-state index contributed by atoms with van der Waals surface area (Å²) in [5.41, 5.74) is 5.31. The van der Waals surface area contributed by atoms with Gasteiger partial charge >= 0.3 is 0 Å². The van der Waals surface area contributed by atoms with Crippen molar-refractivity contribution in [1.82, 2.24) is 0 Å². The fraction of sp³-hybridized carbons (Fsp3) is 0.400. The zero-order valence-corrected chi connectivity index (χ0v) is 10.9. The summed E-state index contributed by atoms with van der Waals surface area (Å²) in [5, 5.41) is 0.334. The second-order valence-corrected chi connectivity index (χ2v) is 6.23. The van der Waals surface area contributed by atoms with Crippen molar-refractivity contribution in [2.75, 3.05) is 12.3 Å². The smallest absolute Gasteiger partial charge is 0.181 e. The lowest BCUT2D eigenvalue weighted by atomic mass is 10.3. The number of rotatable bonds is 5. The van der Waals surface area contributed by atoms with E-state index in [1.165, 1.54) is 12.1 Å². The zero-order chi connectivity index (χ0) is 12.2. The van der Waals surface area contributed by atoms with Crippen molar-refractivity contribution < 1.29 is 8.42 Å². The van der Waals surface area contributed by atoms with Crippen molar-refractivity contribution in [3.05, 3.63) is 28.2 Å². The summed E-state index contributed by atoms with van der Waals surface area (Å²) >= 11 is 11.7. The SMILES string of the molecule is NCCCCS(=O)(=O)c1c(Cl)cccc1Cl. The second-order valence-electron chi connectivity index (χ2n) is 3.37. The molecule has 0 aliphatic heterocycles. The predicted molar refractivity (Wildman–Crippen MR) is 66.8 cm³/mol. The van der Waals surface area contributed by atoms with Crippen LogP contribution in [0.1, 0.15) is 12.8 Å². The van der Waals surface area contributed by atoms with Crippen molar-refractivity contribution >= 4 is 33.0 Å². The average molecular weight is 282 g/mol. The van der Waals surface area contributed by atoms with Gasteiger partial charge in [0.1, 0.15) is 4.90 Å². The Morgan fingerprint density at radius 2 is 1.69 bits per heavy atom. The molecule has 0 unspecified atom stereocenters. The molecule has 0 aliphatic rings. The third-order valence-corrected chi connectivity index (χ3v) is 4.84. The Morgan fingerprint density at radius 3 is 2.19 bits per heavy atom. The first-order valence-corrected chi connectivity index (χ1v) is 7.26. The van der Waals surface area contributed by atoms with Crippen LogP contribution >= 0.6 is 23.2 Å². The van der Waals surface area contributed by atoms with Gasteiger partial charge in [0.05, 0.1) is 15.8 Å². The minimum atomic E-state index is -3.41. The third-order valence-electron chi connectivity index (χ3n) is 2.10. The maximum Gasteiger partial charge on any atom is 0.181 e. The van der Waals surface area contributed by atoms with Gasteiger partial charge in [-0.3, -0.25) is 0 Å². The van der Waals surface area contributed by atoms with E-state index in [1.807, 2.05) is 0 Å². The van der Waals surface area contributed by atoms with Gasteiger partial charge in [0, 0.05) is 0 Å². The van der Waals surface area contributed by atoms with Gasteiger partial charge in [-0.15, -0.1) is 0 Å². The molecule has 1 aromatic rings. The Labute approximate surface area is 105 Å². The Morgan fingerprint density at radius 1 is 1.12 bits per heavy atom. The summed E-state index contributed by atoms with van der Waals surface area (Å²) in [4.78, 5) is 0.0235. The highest BCUT2D eigenvalue weighted by Gasteiger charge is 2.20. The molecule has 0 aliphatic carbocycles. The summed E-state index contributed by atoms with van der Waals surface area (Å²) in [6, 6.07) is 4.65. The minimum absolute atomic E-state index is 0.0215. The number of unbranched alkanes of at least 4 members (excludes halogenated alkanes) is 1. The zero-order valence-electron chi connectivity index (χ0n) is 8.62. The van der Waals surface area contributed by atoms with E-state index in [0.717, 1.165) is 0 Å². The van der Waals surface area contributed by atoms with Crippen molar-refractivity contribution in [3.63, 3.8) is 0 Å². The molecule has 0 fully saturated rings. The molecule has 3 nitrogen and oxygen atoms in total. The molecular formula is C10H13Cl2NO2S. The van der Waals surface area contributed by atoms with E-state index in [-0.39, 0.29) is 20.7 Å². The molecule has 0 radical (unpaired) electrons. The molecule has 1 rings (SSSR count). The summed E-state index contributed by atoms with van der Waals surface area (Å²) in [7, 11) is -3.41. The van der Waals surface area contributed by atoms with E-state index in [1.54, 1.807) is 6.07 Å². The molecule has 0 saturated heterocycles. The Kier molecular flexibility index (Phi) is 5.05. The van der Waals surface area contributed by atoms with Gasteiger partial charge in [0.2, 0.25) is 0 Å². The van der Waals surface area contributed by atoms with E-state index in [0.29, 0.717) is 19.4 Å². The largest absolute Gasteiger partial charge is 0.330 e. The van der Waals surface area contributed by atoms with Gasteiger partial charge in [0.25, 0.3) is 0 Å². The lowest BCUT2D eigenvalue weighted by Crippen LogP contribution is -2.10. The monoisotopic (exact) mass is 281 g/mol. The number of hydrogen-bond donors (Lipinski definition) is 1. The molecule has 0 spiro atoms. The van der Waals surface area contributed by atoms with Gasteiger partial charge in [-0.25, -0.2) is 8.42 Å². The molecule has 1 aromatic carbocycles. The fourth-order valence-electron chi connectivity index (χ4n) is 1.32. The van der Waals surface area contributed by atoms with E-state index >= 15 is 0 Å². The van der Waals surface area contributed by atoms with Crippen LogP contribution in [0, 0.1) is 0 Å². The molecule has 0 aromatic heterocycles. The Hall–Kier alpha value is -0.290. The Bertz CT molecular complexity index is 440. The van der Waals surface area contributed by atoms with Crippen LogP contribution in [0.15, 0.2) is 23.1 Å². The van der Waals surface area contributed by atoms with Crippen LogP contribution in [0.3, 0.4) is 0 Å². The first-order valence-electron chi connectivity index (χ1n) is 4.86. The van der Waals surface area contributed by atoms with Crippen LogP contribution in [0.2, 0.25) is 10.0 Å². The first kappa shape index (κ1) is 13.8. The molecule has 2 N–H and O–H groups in total. The van der Waals surface area contributed by atoms with E-state index in [9.17, 15) is 8.42 Å². The minimum Gasteiger partial charge on any atom is -0.330 e. The summed E-state index contributed by atoms with van der Waals surface area (Å²) < 4.78 is 23.9. The van der Waals surface area contributed by atoms with Gasteiger partial charge in [0.15, 0.2) is 9.84 Å². The van der Waals surface area contributed by atoms with Crippen molar-refractivity contribution in [3.8, 4) is 0 Å². The van der Waals surface area contributed by atoms with Gasteiger partial charge < -0.3 is 5.73 Å². The summed E-state index contributed by atoms with van der Waals surface area (Å²) in [5.74, 6) is 0.0215. The molecule has 0 bridgehead atoms. The topological polar surface area (TPSA) is 60.2 Å². The van der Waals surface area contributed by atoms with Crippen LogP contribution < -0.4 is 5.73 Å². The van der Waals surface area contributed by atoms with Gasteiger partial charge in [-0.2, -0.15) is 0 Å². The van der Waals surface area contributed by atoms with Crippen molar-refractivity contribution in [2.45, 2.75) is 17.7 Å². The molecule has 0 heterocycles. The fourth-order valence-corrected chi connectivity index (χ4v) is 3.94. The lowest BCUT2D eigenvalue weighted by Gasteiger charge is -2.07. The van der Waals surface area contributed by atoms with Crippen LogP contribution in [-0.2, 0) is 9.84 Å². The van der Waals surface area contributed by atoms with Crippen LogP contribution in [0.25, 0.3) is 0 Å². The predicted octanol–water partition coefficient (Wildman–Crippen LogP) is 2.51. The molecular weight excluding hydrogens is 269 g/mol. The standard InChI is InChI=1S/C10H13Cl2NO2S/c11-8-4-3-5-9(12)10(8)16(14,15)7-2-1-6-13/h3-5H,1-2,6-7,13H2. The second kappa shape index (κ2) is 5.87. The lowest BCUT2D eigenvalue weighted by molar-refractivity contribution is 0.592. The normalized spacial score (nSPS) is 11.7. The van der Waals surface area contributed by atoms with E-state index < -0.39 is 9.84 Å². The number of benzene rings is 1. The van der Waals surface area contributed by atoms with Crippen LogP contribution in [0.5, 0.6) is 0 Å².